The van der Waals surface area contributed by atoms with Crippen molar-refractivity contribution in [1.29, 1.82) is 0 Å². The van der Waals surface area contributed by atoms with Crippen LogP contribution in [-0.2, 0) is 0 Å². The predicted molar refractivity (Wildman–Crippen MR) is 95.1 cm³/mol. The molecular weight excluding hydrogens is 288 g/mol. The minimum absolute atomic E-state index is 0.0329. The van der Waals surface area contributed by atoms with Gasteiger partial charge in [0, 0.05) is 11.9 Å². The number of pyridine rings is 1. The molecule has 0 amide bonds. The van der Waals surface area contributed by atoms with E-state index in [1.54, 1.807) is 0 Å². The number of hydrogen-bond donors (Lipinski definition) is 1. The van der Waals surface area contributed by atoms with E-state index in [1.165, 1.54) is 0 Å². The van der Waals surface area contributed by atoms with E-state index in [2.05, 4.69) is 38.7 Å². The molecular formula is C19H26N2O2. The highest BCUT2D eigenvalue weighted by molar-refractivity contribution is 5.84. The summed E-state index contributed by atoms with van der Waals surface area (Å²) in [6, 6.07) is 10.0. The molecule has 0 aliphatic carbocycles. The Labute approximate surface area is 137 Å². The van der Waals surface area contributed by atoms with Gasteiger partial charge in [0.15, 0.2) is 0 Å². The Kier molecular flexibility index (Phi) is 4.19. The van der Waals surface area contributed by atoms with Crippen LogP contribution in [0.15, 0.2) is 35.1 Å². The lowest BCUT2D eigenvalue weighted by Crippen LogP contribution is -2.41. The van der Waals surface area contributed by atoms with Gasteiger partial charge in [-0.05, 0) is 29.4 Å². The first-order chi connectivity index (χ1) is 11.0. The van der Waals surface area contributed by atoms with Gasteiger partial charge in [0.25, 0.3) is 5.56 Å². The normalized spacial score (nSPS) is 18.9. The molecule has 2 atom stereocenters. The second kappa shape index (κ2) is 6.00. The largest absolute Gasteiger partial charge is 0.394 e. The SMILES string of the molecule is CC(C)[C@H](CO)N1C[C@@H](C(C)C)n2c1cc1ccccc1c2=O. The average Bonchev–Trinajstić information content (AvgIpc) is 2.88. The van der Waals surface area contributed by atoms with Gasteiger partial charge in [-0.25, -0.2) is 0 Å². The second-order valence-corrected chi connectivity index (χ2v) is 7.22. The van der Waals surface area contributed by atoms with Gasteiger partial charge >= 0.3 is 0 Å². The fourth-order valence-electron chi connectivity index (χ4n) is 3.66. The summed E-state index contributed by atoms with van der Waals surface area (Å²) in [7, 11) is 0. The van der Waals surface area contributed by atoms with Gasteiger partial charge in [-0.1, -0.05) is 45.9 Å². The molecule has 1 aliphatic rings. The lowest BCUT2D eigenvalue weighted by Gasteiger charge is -2.31. The molecule has 0 bridgehead atoms. The third kappa shape index (κ3) is 2.55. The van der Waals surface area contributed by atoms with Crippen LogP contribution in [0.1, 0.15) is 33.7 Å². The van der Waals surface area contributed by atoms with Crippen molar-refractivity contribution in [2.24, 2.45) is 11.8 Å². The van der Waals surface area contributed by atoms with Crippen molar-refractivity contribution in [3.8, 4) is 0 Å². The lowest BCUT2D eigenvalue weighted by atomic mass is 10.0. The van der Waals surface area contributed by atoms with Crippen LogP contribution in [0.4, 0.5) is 5.82 Å². The smallest absolute Gasteiger partial charge is 0.260 e. The molecule has 1 aromatic heterocycles. The summed E-state index contributed by atoms with van der Waals surface area (Å²) >= 11 is 0. The zero-order valence-corrected chi connectivity index (χ0v) is 14.4. The van der Waals surface area contributed by atoms with Crippen molar-refractivity contribution < 1.29 is 5.11 Å². The van der Waals surface area contributed by atoms with Crippen molar-refractivity contribution in [2.45, 2.75) is 39.8 Å². The average molecular weight is 314 g/mol. The summed E-state index contributed by atoms with van der Waals surface area (Å²) in [4.78, 5) is 15.3. The molecule has 1 aliphatic heterocycles. The minimum Gasteiger partial charge on any atom is -0.394 e. The Bertz CT molecular complexity index is 764. The Morgan fingerprint density at radius 1 is 1.22 bits per heavy atom. The fourth-order valence-corrected chi connectivity index (χ4v) is 3.66. The quantitative estimate of drug-likeness (QED) is 0.943. The van der Waals surface area contributed by atoms with Gasteiger partial charge in [0.2, 0.25) is 0 Å². The maximum absolute atomic E-state index is 13.0. The summed E-state index contributed by atoms with van der Waals surface area (Å²) in [5, 5.41) is 11.6. The number of anilines is 1. The molecule has 0 saturated heterocycles. The van der Waals surface area contributed by atoms with E-state index in [9.17, 15) is 9.90 Å². The third-order valence-electron chi connectivity index (χ3n) is 5.08. The third-order valence-corrected chi connectivity index (χ3v) is 5.08. The van der Waals surface area contributed by atoms with Crippen LogP contribution in [0.5, 0.6) is 0 Å². The summed E-state index contributed by atoms with van der Waals surface area (Å²) in [6.07, 6.45) is 0. The van der Waals surface area contributed by atoms with E-state index in [0.29, 0.717) is 11.8 Å². The summed E-state index contributed by atoms with van der Waals surface area (Å²) < 4.78 is 1.94. The number of hydrogen-bond acceptors (Lipinski definition) is 3. The highest BCUT2D eigenvalue weighted by atomic mass is 16.3. The first kappa shape index (κ1) is 16.1. The van der Waals surface area contributed by atoms with E-state index < -0.39 is 0 Å². The van der Waals surface area contributed by atoms with E-state index >= 15 is 0 Å². The van der Waals surface area contributed by atoms with Gasteiger partial charge in [-0.2, -0.15) is 0 Å². The number of aromatic nitrogens is 1. The zero-order chi connectivity index (χ0) is 16.7. The molecule has 0 fully saturated rings. The van der Waals surface area contributed by atoms with Crippen LogP contribution < -0.4 is 10.5 Å². The molecule has 2 aromatic rings. The summed E-state index contributed by atoms with van der Waals surface area (Å²) in [6.45, 7) is 9.43. The van der Waals surface area contributed by atoms with E-state index in [0.717, 1.165) is 23.1 Å². The molecule has 124 valence electrons. The Hall–Kier alpha value is -1.81. The van der Waals surface area contributed by atoms with Crippen LogP contribution in [0.3, 0.4) is 0 Å². The maximum Gasteiger partial charge on any atom is 0.260 e. The topological polar surface area (TPSA) is 45.5 Å². The van der Waals surface area contributed by atoms with Gasteiger partial charge < -0.3 is 10.0 Å². The zero-order valence-electron chi connectivity index (χ0n) is 14.4. The molecule has 0 saturated carbocycles. The van der Waals surface area contributed by atoms with Crippen LogP contribution in [0.2, 0.25) is 0 Å². The summed E-state index contributed by atoms with van der Waals surface area (Å²) in [5.74, 6) is 1.63. The number of nitrogens with zero attached hydrogens (tertiary/aromatic N) is 2. The van der Waals surface area contributed by atoms with Crippen LogP contribution >= 0.6 is 0 Å². The number of benzene rings is 1. The molecule has 1 aromatic carbocycles. The first-order valence-corrected chi connectivity index (χ1v) is 8.47. The number of aliphatic hydroxyl groups is 1. The van der Waals surface area contributed by atoms with Gasteiger partial charge in [-0.15, -0.1) is 0 Å². The summed E-state index contributed by atoms with van der Waals surface area (Å²) in [5.41, 5.74) is 0.0831. The maximum atomic E-state index is 13.0. The Balaban J connectivity index is 2.24. The number of rotatable bonds is 4. The lowest BCUT2D eigenvalue weighted by molar-refractivity contribution is 0.229. The predicted octanol–water partition coefficient (Wildman–Crippen LogP) is 3.04. The van der Waals surface area contributed by atoms with Crippen molar-refractivity contribution in [1.82, 2.24) is 4.57 Å². The second-order valence-electron chi connectivity index (χ2n) is 7.22. The molecule has 3 rings (SSSR count). The van der Waals surface area contributed by atoms with E-state index in [-0.39, 0.29) is 24.2 Å². The van der Waals surface area contributed by atoms with Crippen LogP contribution in [0, 0.1) is 11.8 Å². The highest BCUT2D eigenvalue weighted by Crippen LogP contribution is 2.36. The monoisotopic (exact) mass is 314 g/mol. The van der Waals surface area contributed by atoms with Crippen molar-refractivity contribution in [2.75, 3.05) is 18.1 Å². The number of aliphatic hydroxyl groups excluding tert-OH is 1. The molecule has 2 heterocycles. The molecule has 1 N–H and O–H groups in total. The molecule has 23 heavy (non-hydrogen) atoms. The fraction of sp³-hybridized carbons (Fsp3) is 0.526. The molecule has 4 nitrogen and oxygen atoms in total. The van der Waals surface area contributed by atoms with Crippen LogP contribution in [-0.4, -0.2) is 28.9 Å². The van der Waals surface area contributed by atoms with Crippen molar-refractivity contribution in [3.63, 3.8) is 0 Å². The van der Waals surface area contributed by atoms with Gasteiger partial charge in [0.05, 0.1) is 18.7 Å². The van der Waals surface area contributed by atoms with Crippen molar-refractivity contribution >= 4 is 16.6 Å². The Morgan fingerprint density at radius 2 is 1.91 bits per heavy atom. The van der Waals surface area contributed by atoms with E-state index in [4.69, 9.17) is 0 Å². The van der Waals surface area contributed by atoms with Crippen LogP contribution in [0.25, 0.3) is 10.8 Å². The van der Waals surface area contributed by atoms with Gasteiger partial charge in [0.1, 0.15) is 5.82 Å². The molecule has 0 spiro atoms. The molecule has 4 heteroatoms. The van der Waals surface area contributed by atoms with Crippen molar-refractivity contribution in [3.05, 3.63) is 40.7 Å². The number of fused-ring (bicyclic) bond motifs is 2. The highest BCUT2D eigenvalue weighted by Gasteiger charge is 2.36. The standard InChI is InChI=1S/C19H26N2O2/c1-12(2)16-10-20(17(11-22)13(3)4)18-9-14-7-5-6-8-15(14)19(23)21(16)18/h5-9,12-13,16-17,22H,10-11H2,1-4H3/t16-,17-/m0/s1. The molecule has 0 unspecified atom stereocenters. The van der Waals surface area contributed by atoms with Gasteiger partial charge in [-0.3, -0.25) is 9.36 Å². The minimum atomic E-state index is 0.0329. The first-order valence-electron chi connectivity index (χ1n) is 8.47. The Morgan fingerprint density at radius 3 is 2.52 bits per heavy atom. The van der Waals surface area contributed by atoms with E-state index in [1.807, 2.05) is 28.8 Å². The molecule has 0 radical (unpaired) electrons.